The molecule has 1 aromatic heterocycles. The lowest BCUT2D eigenvalue weighted by atomic mass is 10.00. The van der Waals surface area contributed by atoms with Crippen LogP contribution in [0.5, 0.6) is 0 Å². The number of amides is 1. The molecule has 1 atom stereocenters. The number of hydrogen-bond acceptors (Lipinski definition) is 5. The molecule has 2 rings (SSSR count). The lowest BCUT2D eigenvalue weighted by Gasteiger charge is -2.34. The predicted molar refractivity (Wildman–Crippen MR) is 87.7 cm³/mol. The SMILES string of the molecule is CC(C)[C@@H](C(=O)NC1CCN(c2ncccn2)CC1)N(C)C. The highest BCUT2D eigenvalue weighted by atomic mass is 16.2. The molecule has 0 aromatic carbocycles. The molecule has 0 spiro atoms. The van der Waals surface area contributed by atoms with Gasteiger partial charge in [-0.25, -0.2) is 9.97 Å². The molecular formula is C16H27N5O. The summed E-state index contributed by atoms with van der Waals surface area (Å²) >= 11 is 0. The molecule has 1 aliphatic heterocycles. The van der Waals surface area contributed by atoms with Crippen molar-refractivity contribution in [3.63, 3.8) is 0 Å². The second-order valence-electron chi connectivity index (χ2n) is 6.47. The average Bonchev–Trinajstić information content (AvgIpc) is 2.48. The fourth-order valence-corrected chi connectivity index (χ4v) is 3.10. The predicted octanol–water partition coefficient (Wildman–Crippen LogP) is 1.15. The minimum atomic E-state index is -0.0736. The van der Waals surface area contributed by atoms with Crippen LogP contribution in [0.2, 0.25) is 0 Å². The van der Waals surface area contributed by atoms with Crippen molar-refractivity contribution in [1.82, 2.24) is 20.2 Å². The largest absolute Gasteiger partial charge is 0.352 e. The zero-order valence-electron chi connectivity index (χ0n) is 14.0. The standard InChI is InChI=1S/C16H27N5O/c1-12(2)14(20(3)4)15(22)19-13-6-10-21(11-7-13)16-17-8-5-9-18-16/h5,8-9,12-14H,6-7,10-11H2,1-4H3,(H,19,22)/t14-/m0/s1. The number of piperidine rings is 1. The summed E-state index contributed by atoms with van der Waals surface area (Å²) in [4.78, 5) is 25.2. The summed E-state index contributed by atoms with van der Waals surface area (Å²) in [6.07, 6.45) is 5.39. The van der Waals surface area contributed by atoms with E-state index in [9.17, 15) is 4.79 Å². The van der Waals surface area contributed by atoms with Gasteiger partial charge in [-0.15, -0.1) is 0 Å². The molecule has 1 aliphatic rings. The number of hydrogen-bond donors (Lipinski definition) is 1. The topological polar surface area (TPSA) is 61.4 Å². The first-order valence-electron chi connectivity index (χ1n) is 7.97. The molecule has 22 heavy (non-hydrogen) atoms. The Bertz CT molecular complexity index is 461. The van der Waals surface area contributed by atoms with E-state index in [-0.39, 0.29) is 18.0 Å². The van der Waals surface area contributed by atoms with E-state index < -0.39 is 0 Å². The smallest absolute Gasteiger partial charge is 0.237 e. The summed E-state index contributed by atoms with van der Waals surface area (Å²) in [7, 11) is 3.92. The van der Waals surface area contributed by atoms with Gasteiger partial charge in [-0.05, 0) is 38.9 Å². The maximum Gasteiger partial charge on any atom is 0.237 e. The molecule has 0 unspecified atom stereocenters. The molecule has 0 bridgehead atoms. The Kier molecular flexibility index (Phi) is 5.71. The van der Waals surface area contributed by atoms with Crippen LogP contribution in [-0.4, -0.2) is 60.0 Å². The van der Waals surface area contributed by atoms with Crippen molar-refractivity contribution >= 4 is 11.9 Å². The van der Waals surface area contributed by atoms with Crippen molar-refractivity contribution in [1.29, 1.82) is 0 Å². The Morgan fingerprint density at radius 1 is 1.27 bits per heavy atom. The van der Waals surface area contributed by atoms with Crippen LogP contribution in [0.15, 0.2) is 18.5 Å². The Morgan fingerprint density at radius 2 is 1.86 bits per heavy atom. The van der Waals surface area contributed by atoms with Crippen LogP contribution in [0.4, 0.5) is 5.95 Å². The van der Waals surface area contributed by atoms with Crippen LogP contribution in [0.3, 0.4) is 0 Å². The highest BCUT2D eigenvalue weighted by molar-refractivity contribution is 5.82. The van der Waals surface area contributed by atoms with Gasteiger partial charge in [0.2, 0.25) is 11.9 Å². The van der Waals surface area contributed by atoms with E-state index in [1.54, 1.807) is 12.4 Å². The summed E-state index contributed by atoms with van der Waals surface area (Å²) in [5.41, 5.74) is 0. The Balaban J connectivity index is 1.86. The maximum atomic E-state index is 12.5. The Labute approximate surface area is 132 Å². The summed E-state index contributed by atoms with van der Waals surface area (Å²) in [5, 5.41) is 3.21. The summed E-state index contributed by atoms with van der Waals surface area (Å²) in [6, 6.07) is 1.99. The molecule has 0 radical (unpaired) electrons. The third-order valence-electron chi connectivity index (χ3n) is 4.13. The van der Waals surface area contributed by atoms with Crippen molar-refractivity contribution in [2.75, 3.05) is 32.1 Å². The molecule has 0 saturated carbocycles. The molecule has 1 fully saturated rings. The van der Waals surface area contributed by atoms with E-state index in [0.29, 0.717) is 5.92 Å². The lowest BCUT2D eigenvalue weighted by molar-refractivity contribution is -0.127. The van der Waals surface area contributed by atoms with Gasteiger partial charge in [0, 0.05) is 31.5 Å². The first kappa shape index (κ1) is 16.7. The number of carbonyl (C=O) groups is 1. The molecular weight excluding hydrogens is 278 g/mol. The Morgan fingerprint density at radius 3 is 2.36 bits per heavy atom. The van der Waals surface area contributed by atoms with Gasteiger partial charge in [0.15, 0.2) is 0 Å². The molecule has 1 amide bonds. The number of nitrogens with one attached hydrogen (secondary N) is 1. The van der Waals surface area contributed by atoms with Crippen LogP contribution in [-0.2, 0) is 4.79 Å². The molecule has 1 N–H and O–H groups in total. The molecule has 2 heterocycles. The van der Waals surface area contributed by atoms with Gasteiger partial charge in [-0.3, -0.25) is 9.69 Å². The van der Waals surface area contributed by atoms with E-state index in [1.807, 2.05) is 25.1 Å². The van der Waals surface area contributed by atoms with Crippen LogP contribution < -0.4 is 10.2 Å². The maximum absolute atomic E-state index is 12.5. The lowest BCUT2D eigenvalue weighted by Crippen LogP contribution is -2.52. The fraction of sp³-hybridized carbons (Fsp3) is 0.688. The number of carbonyl (C=O) groups excluding carboxylic acids is 1. The van der Waals surface area contributed by atoms with E-state index in [4.69, 9.17) is 0 Å². The molecule has 122 valence electrons. The first-order valence-corrected chi connectivity index (χ1v) is 7.97. The van der Waals surface area contributed by atoms with Crippen molar-refractivity contribution in [3.05, 3.63) is 18.5 Å². The quantitative estimate of drug-likeness (QED) is 0.884. The van der Waals surface area contributed by atoms with Crippen LogP contribution in [0.1, 0.15) is 26.7 Å². The highest BCUT2D eigenvalue weighted by Gasteiger charge is 2.28. The van der Waals surface area contributed by atoms with Crippen LogP contribution in [0, 0.1) is 5.92 Å². The van der Waals surface area contributed by atoms with E-state index in [0.717, 1.165) is 31.9 Å². The van der Waals surface area contributed by atoms with E-state index in [1.165, 1.54) is 0 Å². The molecule has 1 saturated heterocycles. The minimum Gasteiger partial charge on any atom is -0.352 e. The van der Waals surface area contributed by atoms with Crippen molar-refractivity contribution in [3.8, 4) is 0 Å². The second kappa shape index (κ2) is 7.54. The number of likely N-dealkylation sites (N-methyl/N-ethyl adjacent to an activating group) is 1. The van der Waals surface area contributed by atoms with Gasteiger partial charge in [0.05, 0.1) is 6.04 Å². The van der Waals surface area contributed by atoms with Gasteiger partial charge < -0.3 is 10.2 Å². The van der Waals surface area contributed by atoms with Gasteiger partial charge in [-0.2, -0.15) is 0 Å². The molecule has 0 aliphatic carbocycles. The summed E-state index contributed by atoms with van der Waals surface area (Å²) in [5.74, 6) is 1.21. The van der Waals surface area contributed by atoms with Gasteiger partial charge in [-0.1, -0.05) is 13.8 Å². The van der Waals surface area contributed by atoms with Crippen LogP contribution in [0.25, 0.3) is 0 Å². The number of nitrogens with zero attached hydrogens (tertiary/aromatic N) is 4. The highest BCUT2D eigenvalue weighted by Crippen LogP contribution is 2.16. The number of anilines is 1. The molecule has 6 nitrogen and oxygen atoms in total. The third kappa shape index (κ3) is 4.16. The average molecular weight is 305 g/mol. The zero-order chi connectivity index (χ0) is 16.1. The zero-order valence-corrected chi connectivity index (χ0v) is 14.0. The van der Waals surface area contributed by atoms with Crippen molar-refractivity contribution in [2.45, 2.75) is 38.8 Å². The molecule has 1 aromatic rings. The van der Waals surface area contributed by atoms with E-state index >= 15 is 0 Å². The monoisotopic (exact) mass is 305 g/mol. The number of aromatic nitrogens is 2. The Hall–Kier alpha value is -1.69. The van der Waals surface area contributed by atoms with E-state index in [2.05, 4.69) is 34.0 Å². The molecule has 6 heteroatoms. The minimum absolute atomic E-state index is 0.0736. The van der Waals surface area contributed by atoms with Gasteiger partial charge in [0.1, 0.15) is 0 Å². The van der Waals surface area contributed by atoms with Gasteiger partial charge >= 0.3 is 0 Å². The normalized spacial score (nSPS) is 17.8. The third-order valence-corrected chi connectivity index (χ3v) is 4.13. The van der Waals surface area contributed by atoms with Crippen molar-refractivity contribution in [2.24, 2.45) is 5.92 Å². The summed E-state index contributed by atoms with van der Waals surface area (Å²) < 4.78 is 0. The first-order chi connectivity index (χ1) is 10.5. The van der Waals surface area contributed by atoms with Crippen LogP contribution >= 0.6 is 0 Å². The second-order valence-corrected chi connectivity index (χ2v) is 6.47. The van der Waals surface area contributed by atoms with Crippen molar-refractivity contribution < 1.29 is 4.79 Å². The fourth-order valence-electron chi connectivity index (χ4n) is 3.10. The van der Waals surface area contributed by atoms with Gasteiger partial charge in [0.25, 0.3) is 0 Å². The summed E-state index contributed by atoms with van der Waals surface area (Å²) in [6.45, 7) is 5.92. The number of rotatable bonds is 5.